The fourth-order valence-electron chi connectivity index (χ4n) is 3.18. The maximum atomic E-state index is 12.5. The fourth-order valence-corrected chi connectivity index (χ4v) is 4.42. The topological polar surface area (TPSA) is 60.7 Å². The predicted molar refractivity (Wildman–Crippen MR) is 95.9 cm³/mol. The summed E-state index contributed by atoms with van der Waals surface area (Å²) >= 11 is 1.58. The van der Waals surface area contributed by atoms with Gasteiger partial charge in [0, 0.05) is 16.6 Å². The molecule has 0 spiro atoms. The first-order valence-corrected chi connectivity index (χ1v) is 9.25. The highest BCUT2D eigenvalue weighted by Crippen LogP contribution is 2.28. The smallest absolute Gasteiger partial charge is 0.310 e. The fraction of sp³-hybridized carbons (Fsp3) is 0.316. The Kier molecular flexibility index (Phi) is 4.36. The number of ether oxygens (including phenoxy) is 1. The maximum absolute atomic E-state index is 12.5. The average Bonchev–Trinajstić information content (AvgIpc) is 2.99. The molecule has 2 aromatic heterocycles. The molecule has 0 N–H and O–H groups in total. The van der Waals surface area contributed by atoms with Crippen molar-refractivity contribution in [1.82, 2.24) is 9.38 Å². The van der Waals surface area contributed by atoms with Crippen LogP contribution in [0.2, 0.25) is 0 Å². The second-order valence-electron chi connectivity index (χ2n) is 6.21. The van der Waals surface area contributed by atoms with Crippen LogP contribution in [0.1, 0.15) is 34.7 Å². The minimum Gasteiger partial charge on any atom is -0.459 e. The zero-order chi connectivity index (χ0) is 17.2. The molecule has 0 fully saturated rings. The number of rotatable bonds is 4. The summed E-state index contributed by atoms with van der Waals surface area (Å²) < 4.78 is 7.01. The predicted octanol–water partition coefficient (Wildman–Crippen LogP) is 2.92. The van der Waals surface area contributed by atoms with Gasteiger partial charge in [0.15, 0.2) is 4.96 Å². The first-order chi connectivity index (χ1) is 12.2. The molecule has 0 aliphatic heterocycles. The summed E-state index contributed by atoms with van der Waals surface area (Å²) in [4.78, 5) is 30.9. The molecule has 128 valence electrons. The third-order valence-electron chi connectivity index (χ3n) is 4.39. The lowest BCUT2D eigenvalue weighted by atomic mass is 10.0. The molecule has 6 heteroatoms. The lowest BCUT2D eigenvalue weighted by molar-refractivity contribution is -0.144. The van der Waals surface area contributed by atoms with Gasteiger partial charge in [-0.25, -0.2) is 4.98 Å². The molecule has 4 rings (SSSR count). The monoisotopic (exact) mass is 354 g/mol. The van der Waals surface area contributed by atoms with E-state index in [0.717, 1.165) is 30.5 Å². The van der Waals surface area contributed by atoms with Gasteiger partial charge < -0.3 is 4.74 Å². The SMILES string of the molecule is O=C(Cc1ccccc1)OCc1cc(=O)n2c3c(sc2n1)CCCC3. The number of aromatic nitrogens is 2. The van der Waals surface area contributed by atoms with E-state index in [2.05, 4.69) is 4.98 Å². The summed E-state index contributed by atoms with van der Waals surface area (Å²) in [5, 5.41) is 0. The molecule has 3 aromatic rings. The van der Waals surface area contributed by atoms with Gasteiger partial charge in [0.2, 0.25) is 0 Å². The van der Waals surface area contributed by atoms with Crippen molar-refractivity contribution >= 4 is 22.3 Å². The molecule has 0 bridgehead atoms. The first kappa shape index (κ1) is 16.0. The third-order valence-corrected chi connectivity index (χ3v) is 5.53. The van der Waals surface area contributed by atoms with E-state index in [4.69, 9.17) is 4.74 Å². The van der Waals surface area contributed by atoms with Crippen molar-refractivity contribution in [3.63, 3.8) is 0 Å². The van der Waals surface area contributed by atoms with E-state index in [9.17, 15) is 9.59 Å². The summed E-state index contributed by atoms with van der Waals surface area (Å²) in [6, 6.07) is 10.9. The standard InChI is InChI=1S/C19H18N2O3S/c22-17-11-14(12-24-18(23)10-13-6-2-1-3-7-13)20-19-21(17)15-8-4-5-9-16(15)25-19/h1-3,6-7,11H,4-5,8-10,12H2. The molecule has 1 aliphatic carbocycles. The van der Waals surface area contributed by atoms with Crippen LogP contribution >= 0.6 is 11.3 Å². The van der Waals surface area contributed by atoms with Gasteiger partial charge in [-0.05, 0) is 31.2 Å². The van der Waals surface area contributed by atoms with Crippen molar-refractivity contribution in [2.75, 3.05) is 0 Å². The van der Waals surface area contributed by atoms with E-state index in [-0.39, 0.29) is 24.6 Å². The number of hydrogen-bond donors (Lipinski definition) is 0. The first-order valence-electron chi connectivity index (χ1n) is 8.43. The normalized spacial score (nSPS) is 13.6. The van der Waals surface area contributed by atoms with Gasteiger partial charge in [0.05, 0.1) is 12.1 Å². The summed E-state index contributed by atoms with van der Waals surface area (Å²) in [5.74, 6) is -0.321. The summed E-state index contributed by atoms with van der Waals surface area (Å²) in [7, 11) is 0. The van der Waals surface area contributed by atoms with E-state index in [1.165, 1.54) is 17.4 Å². The van der Waals surface area contributed by atoms with Gasteiger partial charge in [0.1, 0.15) is 6.61 Å². The highest BCUT2D eigenvalue weighted by Gasteiger charge is 2.18. The average molecular weight is 354 g/mol. The van der Waals surface area contributed by atoms with E-state index in [1.807, 2.05) is 30.3 Å². The lowest BCUT2D eigenvalue weighted by Crippen LogP contribution is -2.19. The van der Waals surface area contributed by atoms with Gasteiger partial charge in [-0.3, -0.25) is 14.0 Å². The number of thiazole rings is 1. The molecule has 0 saturated carbocycles. The molecule has 2 heterocycles. The van der Waals surface area contributed by atoms with E-state index in [1.54, 1.807) is 15.7 Å². The molecule has 0 atom stereocenters. The Morgan fingerprint density at radius 1 is 1.20 bits per heavy atom. The number of carbonyl (C=O) groups excluding carboxylic acids is 1. The van der Waals surface area contributed by atoms with Crippen molar-refractivity contribution in [1.29, 1.82) is 0 Å². The summed E-state index contributed by atoms with van der Waals surface area (Å²) in [6.45, 7) is 0.0278. The zero-order valence-corrected chi connectivity index (χ0v) is 14.6. The van der Waals surface area contributed by atoms with Crippen LogP contribution in [0.15, 0.2) is 41.2 Å². The number of hydrogen-bond acceptors (Lipinski definition) is 5. The Bertz CT molecular complexity index is 975. The zero-order valence-electron chi connectivity index (χ0n) is 13.7. The van der Waals surface area contributed by atoms with Crippen molar-refractivity contribution < 1.29 is 9.53 Å². The van der Waals surface area contributed by atoms with Crippen molar-refractivity contribution in [3.05, 3.63) is 68.6 Å². The van der Waals surface area contributed by atoms with Crippen LogP contribution in [0.5, 0.6) is 0 Å². The van der Waals surface area contributed by atoms with Crippen LogP contribution in [-0.4, -0.2) is 15.4 Å². The number of carbonyl (C=O) groups is 1. The van der Waals surface area contributed by atoms with E-state index < -0.39 is 0 Å². The van der Waals surface area contributed by atoms with Crippen LogP contribution in [-0.2, 0) is 35.4 Å². The van der Waals surface area contributed by atoms with Crippen LogP contribution in [0.3, 0.4) is 0 Å². The molecular weight excluding hydrogens is 336 g/mol. The quantitative estimate of drug-likeness (QED) is 0.676. The number of aryl methyl sites for hydroxylation is 2. The molecule has 1 aliphatic rings. The van der Waals surface area contributed by atoms with Crippen LogP contribution < -0.4 is 5.56 Å². The third kappa shape index (κ3) is 3.35. The van der Waals surface area contributed by atoms with Gasteiger partial charge in [-0.2, -0.15) is 0 Å². The van der Waals surface area contributed by atoms with Gasteiger partial charge >= 0.3 is 5.97 Å². The van der Waals surface area contributed by atoms with E-state index >= 15 is 0 Å². The largest absolute Gasteiger partial charge is 0.459 e. The summed E-state index contributed by atoms with van der Waals surface area (Å²) in [6.07, 6.45) is 4.45. The number of fused-ring (bicyclic) bond motifs is 3. The lowest BCUT2D eigenvalue weighted by Gasteiger charge is -2.10. The molecule has 5 nitrogen and oxygen atoms in total. The number of benzene rings is 1. The van der Waals surface area contributed by atoms with E-state index in [0.29, 0.717) is 10.7 Å². The van der Waals surface area contributed by atoms with Gasteiger partial charge in [-0.15, -0.1) is 11.3 Å². The Hall–Kier alpha value is -2.47. The minimum atomic E-state index is -0.321. The van der Waals surface area contributed by atoms with Crippen LogP contribution in [0.25, 0.3) is 4.96 Å². The molecule has 1 aromatic carbocycles. The maximum Gasteiger partial charge on any atom is 0.310 e. The Labute approximate surface area is 148 Å². The molecular formula is C19H18N2O3S. The van der Waals surface area contributed by atoms with Crippen molar-refractivity contribution in [3.8, 4) is 0 Å². The highest BCUT2D eigenvalue weighted by atomic mass is 32.1. The van der Waals surface area contributed by atoms with Crippen molar-refractivity contribution in [2.45, 2.75) is 38.7 Å². The number of esters is 1. The van der Waals surface area contributed by atoms with Crippen LogP contribution in [0, 0.1) is 0 Å². The molecule has 0 amide bonds. The second-order valence-corrected chi connectivity index (χ2v) is 7.27. The molecule has 25 heavy (non-hydrogen) atoms. The minimum absolute atomic E-state index is 0.0278. The highest BCUT2D eigenvalue weighted by molar-refractivity contribution is 7.17. The second kappa shape index (κ2) is 6.80. The molecule has 0 radical (unpaired) electrons. The Balaban J connectivity index is 1.50. The van der Waals surface area contributed by atoms with Gasteiger partial charge in [0.25, 0.3) is 5.56 Å². The Morgan fingerprint density at radius 2 is 2.00 bits per heavy atom. The Morgan fingerprint density at radius 3 is 2.84 bits per heavy atom. The van der Waals surface area contributed by atoms with Crippen molar-refractivity contribution in [2.24, 2.45) is 0 Å². The molecule has 0 unspecified atom stereocenters. The molecule has 0 saturated heterocycles. The summed E-state index contributed by atoms with van der Waals surface area (Å²) in [5.41, 5.74) is 2.43. The van der Waals surface area contributed by atoms with Crippen LogP contribution in [0.4, 0.5) is 0 Å². The van der Waals surface area contributed by atoms with Gasteiger partial charge in [-0.1, -0.05) is 30.3 Å². The number of nitrogens with zero attached hydrogens (tertiary/aromatic N) is 2.